The first kappa shape index (κ1) is 21.7. The summed E-state index contributed by atoms with van der Waals surface area (Å²) in [6.45, 7) is 0.590. The Morgan fingerprint density at radius 2 is 1.89 bits per heavy atom. The van der Waals surface area contributed by atoms with Crippen LogP contribution in [0.3, 0.4) is 0 Å². The van der Waals surface area contributed by atoms with Gasteiger partial charge in [0.1, 0.15) is 10.9 Å². The van der Waals surface area contributed by atoms with Crippen LogP contribution in [0.2, 0.25) is 5.02 Å². The Morgan fingerprint density at radius 3 is 2.69 bits per heavy atom. The Morgan fingerprint density at radius 1 is 1.03 bits per heavy atom. The molecule has 0 fully saturated rings. The van der Waals surface area contributed by atoms with Crippen molar-refractivity contribution in [3.05, 3.63) is 87.4 Å². The average Bonchev–Trinajstić information content (AvgIpc) is 3.19. The second-order valence-electron chi connectivity index (χ2n) is 8.80. The quantitative estimate of drug-likeness (QED) is 0.237. The molecule has 0 aliphatic heterocycles. The molecular formula is C27H23ClN6O. The number of benzene rings is 2. The number of hydrogen-bond acceptors (Lipinski definition) is 5. The first-order chi connectivity index (χ1) is 17.2. The Labute approximate surface area is 206 Å². The van der Waals surface area contributed by atoms with E-state index < -0.39 is 0 Å². The van der Waals surface area contributed by atoms with Crippen molar-refractivity contribution in [1.29, 1.82) is 0 Å². The van der Waals surface area contributed by atoms with E-state index in [1.165, 1.54) is 18.4 Å². The molecule has 8 heteroatoms. The zero-order valence-electron chi connectivity index (χ0n) is 19.1. The third-order valence-electron chi connectivity index (χ3n) is 6.44. The smallest absolute Gasteiger partial charge is 0.265 e. The minimum atomic E-state index is -0.127. The van der Waals surface area contributed by atoms with E-state index in [2.05, 4.69) is 16.2 Å². The van der Waals surface area contributed by atoms with Crippen molar-refractivity contribution in [2.24, 2.45) is 5.10 Å². The molecule has 6 rings (SSSR count). The maximum atomic E-state index is 13.6. The fourth-order valence-electron chi connectivity index (χ4n) is 4.63. The van der Waals surface area contributed by atoms with Crippen LogP contribution in [-0.2, 0) is 6.54 Å². The molecule has 0 bridgehead atoms. The molecule has 0 N–H and O–H groups in total. The van der Waals surface area contributed by atoms with Gasteiger partial charge in [-0.2, -0.15) is 9.78 Å². The van der Waals surface area contributed by atoms with Crippen LogP contribution >= 0.6 is 11.6 Å². The minimum absolute atomic E-state index is 0.127. The number of rotatable bonds is 5. The number of allylic oxidation sites excluding steroid dienone is 2. The van der Waals surface area contributed by atoms with Crippen LogP contribution in [0.15, 0.2) is 76.4 Å². The number of fused-ring (bicyclic) bond motifs is 4. The molecule has 1 aliphatic rings. The lowest BCUT2D eigenvalue weighted by Crippen LogP contribution is -2.21. The zero-order chi connectivity index (χ0) is 23.8. The van der Waals surface area contributed by atoms with Crippen molar-refractivity contribution in [3.8, 4) is 0 Å². The summed E-state index contributed by atoms with van der Waals surface area (Å²) >= 11 is 6.13. The third-order valence-corrected chi connectivity index (χ3v) is 6.67. The van der Waals surface area contributed by atoms with Gasteiger partial charge >= 0.3 is 0 Å². The summed E-state index contributed by atoms with van der Waals surface area (Å²) in [6, 6.07) is 15.0. The number of para-hydroxylation sites is 2. The Hall–Kier alpha value is -3.84. The van der Waals surface area contributed by atoms with E-state index in [-0.39, 0.29) is 5.56 Å². The molecule has 1 aliphatic carbocycles. The minimum Gasteiger partial charge on any atom is -0.298 e. The van der Waals surface area contributed by atoms with Crippen LogP contribution in [0, 0.1) is 0 Å². The summed E-state index contributed by atoms with van der Waals surface area (Å²) in [6.07, 6.45) is 11.2. The molecule has 3 heterocycles. The number of aromatic nitrogens is 5. The van der Waals surface area contributed by atoms with Gasteiger partial charge in [-0.15, -0.1) is 0 Å². The summed E-state index contributed by atoms with van der Waals surface area (Å²) in [5, 5.41) is 5.70. The van der Waals surface area contributed by atoms with Crippen molar-refractivity contribution < 1.29 is 0 Å². The average molecular weight is 483 g/mol. The fraction of sp³-hybridized carbons (Fsp3) is 0.222. The van der Waals surface area contributed by atoms with Crippen LogP contribution in [0.1, 0.15) is 37.7 Å². The molecule has 0 spiro atoms. The fourth-order valence-corrected chi connectivity index (χ4v) is 4.83. The van der Waals surface area contributed by atoms with Crippen LogP contribution < -0.4 is 5.56 Å². The normalized spacial score (nSPS) is 14.4. The number of hydrogen-bond donors (Lipinski definition) is 0. The van der Waals surface area contributed by atoms with E-state index in [9.17, 15) is 4.79 Å². The molecule has 0 saturated heterocycles. The zero-order valence-corrected chi connectivity index (χ0v) is 19.8. The second-order valence-corrected chi connectivity index (χ2v) is 9.23. The molecule has 3 aromatic heterocycles. The summed E-state index contributed by atoms with van der Waals surface area (Å²) in [7, 11) is 0. The predicted octanol–water partition coefficient (Wildman–Crippen LogP) is 5.72. The van der Waals surface area contributed by atoms with Gasteiger partial charge in [-0.25, -0.2) is 15.0 Å². The molecule has 0 atom stereocenters. The highest BCUT2D eigenvalue weighted by atomic mass is 35.5. The van der Waals surface area contributed by atoms with Crippen LogP contribution in [-0.4, -0.2) is 30.4 Å². The van der Waals surface area contributed by atoms with Crippen molar-refractivity contribution in [2.45, 2.75) is 38.6 Å². The molecule has 35 heavy (non-hydrogen) atoms. The SMILES string of the molecule is O=c1c2c3nc4ccccc4nc3n(/N=C/c3cccc(Cl)c3)c2ncn1CCC1=CCCCC1. The van der Waals surface area contributed by atoms with Gasteiger partial charge in [0, 0.05) is 11.6 Å². The Balaban J connectivity index is 1.52. The lowest BCUT2D eigenvalue weighted by molar-refractivity contribution is 0.610. The predicted molar refractivity (Wildman–Crippen MR) is 140 cm³/mol. The molecule has 0 radical (unpaired) electrons. The van der Waals surface area contributed by atoms with E-state index in [4.69, 9.17) is 21.6 Å². The molecule has 2 aromatic carbocycles. The van der Waals surface area contributed by atoms with Crippen molar-refractivity contribution in [2.75, 3.05) is 0 Å². The molecule has 7 nitrogen and oxygen atoms in total. The third kappa shape index (κ3) is 4.12. The molecular weight excluding hydrogens is 460 g/mol. The number of halogens is 1. The van der Waals surface area contributed by atoms with Gasteiger partial charge in [0.15, 0.2) is 11.3 Å². The van der Waals surface area contributed by atoms with Gasteiger partial charge < -0.3 is 0 Å². The molecule has 0 saturated carbocycles. The van der Waals surface area contributed by atoms with E-state index >= 15 is 0 Å². The number of aryl methyl sites for hydroxylation is 1. The van der Waals surface area contributed by atoms with Crippen LogP contribution in [0.4, 0.5) is 0 Å². The lowest BCUT2D eigenvalue weighted by Gasteiger charge is -2.13. The maximum absolute atomic E-state index is 13.6. The van der Waals surface area contributed by atoms with Crippen LogP contribution in [0.5, 0.6) is 0 Å². The van der Waals surface area contributed by atoms with E-state index in [1.807, 2.05) is 48.5 Å². The van der Waals surface area contributed by atoms with Gasteiger partial charge in [-0.1, -0.05) is 47.5 Å². The molecule has 0 amide bonds. The Kier molecular flexibility index (Phi) is 5.62. The highest BCUT2D eigenvalue weighted by Crippen LogP contribution is 2.25. The molecule has 0 unspecified atom stereocenters. The summed E-state index contributed by atoms with van der Waals surface area (Å²) in [5.41, 5.74) is 5.01. The first-order valence-corrected chi connectivity index (χ1v) is 12.2. The van der Waals surface area contributed by atoms with E-state index in [0.29, 0.717) is 33.8 Å². The highest BCUT2D eigenvalue weighted by Gasteiger charge is 2.20. The van der Waals surface area contributed by atoms with Crippen molar-refractivity contribution >= 4 is 51.0 Å². The van der Waals surface area contributed by atoms with E-state index in [0.717, 1.165) is 35.9 Å². The highest BCUT2D eigenvalue weighted by molar-refractivity contribution is 6.30. The van der Waals surface area contributed by atoms with Crippen molar-refractivity contribution in [3.63, 3.8) is 0 Å². The van der Waals surface area contributed by atoms with Crippen molar-refractivity contribution in [1.82, 2.24) is 24.2 Å². The number of nitrogens with zero attached hydrogens (tertiary/aromatic N) is 6. The van der Waals surface area contributed by atoms with E-state index in [1.54, 1.807) is 21.8 Å². The first-order valence-electron chi connectivity index (χ1n) is 11.8. The van der Waals surface area contributed by atoms with Gasteiger partial charge in [-0.05, 0) is 61.9 Å². The second kappa shape index (κ2) is 9.07. The Bertz CT molecular complexity index is 1700. The lowest BCUT2D eigenvalue weighted by atomic mass is 9.97. The summed E-state index contributed by atoms with van der Waals surface area (Å²) in [4.78, 5) is 27.9. The topological polar surface area (TPSA) is 78.0 Å². The van der Waals surface area contributed by atoms with Gasteiger partial charge in [0.2, 0.25) is 0 Å². The molecule has 174 valence electrons. The van der Waals surface area contributed by atoms with Gasteiger partial charge in [0.05, 0.1) is 23.6 Å². The standard InChI is InChI=1S/C27H23ClN6O/c28-20-10-6-9-19(15-20)16-30-34-25-23(24-26(34)32-22-12-5-4-11-21(22)31-24)27(35)33(17-29-25)14-13-18-7-2-1-3-8-18/h4-7,9-12,15-17H,1-3,8,13-14H2/b30-16+. The van der Waals surface area contributed by atoms with Crippen LogP contribution in [0.25, 0.3) is 33.2 Å². The summed E-state index contributed by atoms with van der Waals surface area (Å²) < 4.78 is 3.28. The van der Waals surface area contributed by atoms with Gasteiger partial charge in [0.25, 0.3) is 5.56 Å². The summed E-state index contributed by atoms with van der Waals surface area (Å²) in [5.74, 6) is 0. The molecule has 5 aromatic rings. The van der Waals surface area contributed by atoms with Gasteiger partial charge in [-0.3, -0.25) is 9.36 Å². The maximum Gasteiger partial charge on any atom is 0.265 e. The largest absolute Gasteiger partial charge is 0.298 e. The monoisotopic (exact) mass is 482 g/mol.